The van der Waals surface area contributed by atoms with E-state index in [2.05, 4.69) is 74.7 Å². The first kappa shape index (κ1) is 20.5. The fraction of sp³-hybridized carbons (Fsp3) is 0.0741. The summed E-state index contributed by atoms with van der Waals surface area (Å²) >= 11 is 0. The van der Waals surface area contributed by atoms with Gasteiger partial charge in [0.05, 0.1) is 5.39 Å². The molecule has 0 aliphatic heterocycles. The van der Waals surface area contributed by atoms with Crippen LogP contribution in [0.5, 0.6) is 0 Å². The smallest absolute Gasteiger partial charge is 0.221 e. The van der Waals surface area contributed by atoms with E-state index in [1.165, 1.54) is 12.5 Å². The fourth-order valence-corrected chi connectivity index (χ4v) is 3.94. The highest BCUT2D eigenvalue weighted by Crippen LogP contribution is 2.36. The molecule has 0 spiro atoms. The van der Waals surface area contributed by atoms with Crippen molar-refractivity contribution in [2.45, 2.75) is 13.8 Å². The number of hydrogen-bond acceptors (Lipinski definition) is 4. The van der Waals surface area contributed by atoms with Crippen molar-refractivity contribution in [1.82, 2.24) is 14.5 Å². The van der Waals surface area contributed by atoms with Crippen LogP contribution < -0.4 is 10.6 Å². The van der Waals surface area contributed by atoms with Gasteiger partial charge in [-0.3, -0.25) is 4.79 Å². The number of hydrogen-bond donors (Lipinski definition) is 2. The van der Waals surface area contributed by atoms with Crippen LogP contribution in [0, 0.1) is 6.92 Å². The van der Waals surface area contributed by atoms with Crippen molar-refractivity contribution in [2.24, 2.45) is 0 Å². The second-order valence-electron chi connectivity index (χ2n) is 7.92. The van der Waals surface area contributed by atoms with E-state index >= 15 is 0 Å². The highest BCUT2D eigenvalue weighted by atomic mass is 16.1. The van der Waals surface area contributed by atoms with E-state index < -0.39 is 0 Å². The summed E-state index contributed by atoms with van der Waals surface area (Å²) in [6.07, 6.45) is 3.70. The summed E-state index contributed by atoms with van der Waals surface area (Å²) in [4.78, 5) is 20.5. The van der Waals surface area contributed by atoms with Gasteiger partial charge in [-0.15, -0.1) is 0 Å². The number of fused-ring (bicyclic) bond motifs is 1. The van der Waals surface area contributed by atoms with E-state index in [1.807, 2.05) is 42.5 Å². The van der Waals surface area contributed by atoms with Crippen molar-refractivity contribution in [3.8, 4) is 16.8 Å². The molecule has 3 aromatic carbocycles. The number of nitrogens with zero attached hydrogens (tertiary/aromatic N) is 3. The summed E-state index contributed by atoms with van der Waals surface area (Å²) in [5.74, 6) is 0.621. The van der Waals surface area contributed by atoms with E-state index in [0.717, 1.165) is 45.0 Å². The molecule has 2 N–H and O–H groups in total. The monoisotopic (exact) mass is 433 g/mol. The lowest BCUT2D eigenvalue weighted by Crippen LogP contribution is -2.05. The number of carbonyl (C=O) groups is 1. The second kappa shape index (κ2) is 8.59. The first-order chi connectivity index (χ1) is 16.1. The van der Waals surface area contributed by atoms with Gasteiger partial charge in [0.15, 0.2) is 5.65 Å². The summed E-state index contributed by atoms with van der Waals surface area (Å²) in [5, 5.41) is 7.16. The average molecular weight is 434 g/mol. The van der Waals surface area contributed by atoms with Gasteiger partial charge in [-0.1, -0.05) is 42.5 Å². The van der Waals surface area contributed by atoms with Gasteiger partial charge in [-0.05, 0) is 54.4 Å². The summed E-state index contributed by atoms with van der Waals surface area (Å²) in [6, 6.07) is 26.2. The highest BCUT2D eigenvalue weighted by molar-refractivity contribution is 6.03. The van der Waals surface area contributed by atoms with Gasteiger partial charge < -0.3 is 15.2 Å². The Balaban J connectivity index is 1.64. The van der Waals surface area contributed by atoms with E-state index in [0.29, 0.717) is 0 Å². The van der Waals surface area contributed by atoms with Crippen LogP contribution in [0.3, 0.4) is 0 Å². The van der Waals surface area contributed by atoms with Gasteiger partial charge in [0, 0.05) is 35.7 Å². The Kier molecular flexibility index (Phi) is 5.32. The zero-order valence-corrected chi connectivity index (χ0v) is 18.4. The normalized spacial score (nSPS) is 10.8. The van der Waals surface area contributed by atoms with Crippen LogP contribution in [-0.2, 0) is 4.79 Å². The maximum atomic E-state index is 11.3. The molecule has 0 aliphatic rings. The first-order valence-corrected chi connectivity index (χ1v) is 10.7. The third-order valence-electron chi connectivity index (χ3n) is 5.42. The van der Waals surface area contributed by atoms with Crippen LogP contribution in [0.15, 0.2) is 91.4 Å². The Labute approximate surface area is 191 Å². The van der Waals surface area contributed by atoms with Gasteiger partial charge in [0.1, 0.15) is 12.1 Å². The molecule has 33 heavy (non-hydrogen) atoms. The SMILES string of the molecule is CC(=O)Nc1ccc(Nc2ncnc3c2c(-c2ccccc2)cn3-c2cccc(C)c2)cc1. The summed E-state index contributed by atoms with van der Waals surface area (Å²) in [6.45, 7) is 3.58. The summed E-state index contributed by atoms with van der Waals surface area (Å²) < 4.78 is 2.11. The molecule has 6 nitrogen and oxygen atoms in total. The third-order valence-corrected chi connectivity index (χ3v) is 5.42. The number of benzene rings is 3. The first-order valence-electron chi connectivity index (χ1n) is 10.7. The van der Waals surface area contributed by atoms with Crippen LogP contribution in [0.1, 0.15) is 12.5 Å². The predicted molar refractivity (Wildman–Crippen MR) is 133 cm³/mol. The Morgan fingerprint density at radius 3 is 2.36 bits per heavy atom. The lowest BCUT2D eigenvalue weighted by molar-refractivity contribution is -0.114. The number of amides is 1. The molecule has 0 aliphatic carbocycles. The number of anilines is 3. The molecular formula is C27H23N5O. The fourth-order valence-electron chi connectivity index (χ4n) is 3.94. The molecule has 162 valence electrons. The Bertz CT molecular complexity index is 1440. The number of carbonyl (C=O) groups excluding carboxylic acids is 1. The van der Waals surface area contributed by atoms with E-state index in [4.69, 9.17) is 0 Å². The van der Waals surface area contributed by atoms with Crippen LogP contribution in [0.2, 0.25) is 0 Å². The zero-order valence-electron chi connectivity index (χ0n) is 18.4. The van der Waals surface area contributed by atoms with Crippen molar-refractivity contribution < 1.29 is 4.79 Å². The highest BCUT2D eigenvalue weighted by Gasteiger charge is 2.17. The standard InChI is InChI=1S/C27H23N5O/c1-18-7-6-10-23(15-18)32-16-24(20-8-4-3-5-9-20)25-26(28-17-29-27(25)32)31-22-13-11-21(12-14-22)30-19(2)33/h3-17H,1-2H3,(H,30,33)(H,28,29,31). The molecular weight excluding hydrogens is 410 g/mol. The lowest BCUT2D eigenvalue weighted by atomic mass is 10.1. The average Bonchev–Trinajstić information content (AvgIpc) is 3.21. The quantitative estimate of drug-likeness (QED) is 0.351. The minimum absolute atomic E-state index is 0.0989. The molecule has 0 fully saturated rings. The van der Waals surface area contributed by atoms with Crippen LogP contribution in [0.4, 0.5) is 17.2 Å². The van der Waals surface area contributed by atoms with E-state index in [1.54, 1.807) is 6.33 Å². The molecule has 0 saturated carbocycles. The largest absolute Gasteiger partial charge is 0.340 e. The molecule has 0 bridgehead atoms. The molecule has 2 heterocycles. The van der Waals surface area contributed by atoms with Gasteiger partial charge in [0.25, 0.3) is 0 Å². The molecule has 0 radical (unpaired) electrons. The van der Waals surface area contributed by atoms with Crippen molar-refractivity contribution in [1.29, 1.82) is 0 Å². The topological polar surface area (TPSA) is 71.8 Å². The number of nitrogens with one attached hydrogen (secondary N) is 2. The zero-order chi connectivity index (χ0) is 22.8. The third kappa shape index (κ3) is 4.19. The van der Waals surface area contributed by atoms with Crippen molar-refractivity contribution in [3.05, 3.63) is 97.0 Å². The predicted octanol–water partition coefficient (Wildman–Crippen LogP) is 6.10. The summed E-state index contributed by atoms with van der Waals surface area (Å²) in [5.41, 5.74) is 6.81. The van der Waals surface area contributed by atoms with Crippen LogP contribution in [0.25, 0.3) is 27.8 Å². The summed E-state index contributed by atoms with van der Waals surface area (Å²) in [7, 11) is 0. The maximum absolute atomic E-state index is 11.3. The Morgan fingerprint density at radius 2 is 1.64 bits per heavy atom. The van der Waals surface area contributed by atoms with Crippen LogP contribution in [-0.4, -0.2) is 20.4 Å². The van der Waals surface area contributed by atoms with Crippen molar-refractivity contribution in [3.63, 3.8) is 0 Å². The number of aromatic nitrogens is 3. The van der Waals surface area contributed by atoms with Crippen molar-refractivity contribution in [2.75, 3.05) is 10.6 Å². The van der Waals surface area contributed by atoms with E-state index in [-0.39, 0.29) is 5.91 Å². The molecule has 0 atom stereocenters. The van der Waals surface area contributed by atoms with Crippen LogP contribution >= 0.6 is 0 Å². The van der Waals surface area contributed by atoms with Gasteiger partial charge in [-0.2, -0.15) is 0 Å². The number of rotatable bonds is 5. The molecule has 5 aromatic rings. The Hall–Kier alpha value is -4.45. The molecule has 5 rings (SSSR count). The molecule has 0 unspecified atom stereocenters. The lowest BCUT2D eigenvalue weighted by Gasteiger charge is -2.10. The minimum atomic E-state index is -0.0989. The molecule has 1 amide bonds. The van der Waals surface area contributed by atoms with E-state index in [9.17, 15) is 4.79 Å². The number of aryl methyl sites for hydroxylation is 1. The molecule has 2 aromatic heterocycles. The Morgan fingerprint density at radius 1 is 0.879 bits per heavy atom. The van der Waals surface area contributed by atoms with Crippen molar-refractivity contribution >= 4 is 34.1 Å². The van der Waals surface area contributed by atoms with Gasteiger partial charge in [0.2, 0.25) is 5.91 Å². The van der Waals surface area contributed by atoms with Gasteiger partial charge >= 0.3 is 0 Å². The maximum Gasteiger partial charge on any atom is 0.221 e. The second-order valence-corrected chi connectivity index (χ2v) is 7.92. The van der Waals surface area contributed by atoms with Gasteiger partial charge in [-0.25, -0.2) is 9.97 Å². The molecule has 6 heteroatoms. The minimum Gasteiger partial charge on any atom is -0.340 e. The molecule has 0 saturated heterocycles.